The van der Waals surface area contributed by atoms with Crippen LogP contribution < -0.4 is 5.73 Å². The second kappa shape index (κ2) is 5.08. The molecule has 0 spiro atoms. The smallest absolute Gasteiger partial charge is 0.0544 e. The van der Waals surface area contributed by atoms with Crippen molar-refractivity contribution in [2.75, 3.05) is 13.2 Å². The number of aliphatic hydroxyl groups excluding tert-OH is 2. The molecule has 2 fully saturated rings. The average molecular weight is 334 g/mol. The zero-order valence-corrected chi connectivity index (χ0v) is 15.7. The van der Waals surface area contributed by atoms with Crippen LogP contribution in [0.15, 0.2) is 11.1 Å². The van der Waals surface area contributed by atoms with Crippen molar-refractivity contribution in [2.45, 2.75) is 78.2 Å². The summed E-state index contributed by atoms with van der Waals surface area (Å²) >= 11 is 0. The van der Waals surface area contributed by atoms with Crippen LogP contribution in [0.2, 0.25) is 0 Å². The van der Waals surface area contributed by atoms with E-state index in [0.29, 0.717) is 5.41 Å². The second-order valence-electron chi connectivity index (χ2n) is 10.1. The Labute approximate surface area is 146 Å². The standard InChI is InChI=1S/C21H35NO2/c1-18(2)7-5-17-16(18)6-9-21(12-20(17,21)13-22)19(3)8-4-15(24)10-14(19)11-23/h14-15,23-24H,4-13,22H2,1-3H3/t14-,15+,19+,20+,21+/m1/s1. The molecular weight excluding hydrogens is 298 g/mol. The monoisotopic (exact) mass is 333 g/mol. The molecule has 2 saturated carbocycles. The SMILES string of the molecule is CC1(C)CCC2=C1CC[C@@]1([C@@]3(C)CC[C@H](O)C[C@@H]3CO)C[C@]21CN. The summed E-state index contributed by atoms with van der Waals surface area (Å²) in [7, 11) is 0. The van der Waals surface area contributed by atoms with Crippen LogP contribution in [0.5, 0.6) is 0 Å². The predicted molar refractivity (Wildman–Crippen MR) is 96.4 cm³/mol. The maximum absolute atomic E-state index is 10.1. The van der Waals surface area contributed by atoms with E-state index in [-0.39, 0.29) is 34.9 Å². The van der Waals surface area contributed by atoms with Crippen molar-refractivity contribution in [3.05, 3.63) is 11.1 Å². The van der Waals surface area contributed by atoms with Gasteiger partial charge in [-0.1, -0.05) is 31.9 Å². The first-order chi connectivity index (χ1) is 11.3. The van der Waals surface area contributed by atoms with Crippen LogP contribution >= 0.6 is 0 Å². The van der Waals surface area contributed by atoms with Gasteiger partial charge in [0, 0.05) is 18.6 Å². The summed E-state index contributed by atoms with van der Waals surface area (Å²) in [5.74, 6) is 0.214. The molecule has 0 heterocycles. The minimum absolute atomic E-state index is 0.117. The summed E-state index contributed by atoms with van der Waals surface area (Å²) in [4.78, 5) is 0. The summed E-state index contributed by atoms with van der Waals surface area (Å²) in [5.41, 5.74) is 10.8. The molecule has 24 heavy (non-hydrogen) atoms. The highest BCUT2D eigenvalue weighted by Crippen LogP contribution is 2.83. The second-order valence-corrected chi connectivity index (χ2v) is 10.1. The van der Waals surface area contributed by atoms with E-state index in [4.69, 9.17) is 5.73 Å². The van der Waals surface area contributed by atoms with Crippen LogP contribution in [-0.4, -0.2) is 29.5 Å². The molecular formula is C21H35NO2. The van der Waals surface area contributed by atoms with E-state index in [1.54, 1.807) is 11.1 Å². The lowest BCUT2D eigenvalue weighted by Gasteiger charge is -2.52. The van der Waals surface area contributed by atoms with Crippen LogP contribution in [-0.2, 0) is 0 Å². The first-order valence-electron chi connectivity index (χ1n) is 9.98. The van der Waals surface area contributed by atoms with Gasteiger partial charge in [0.25, 0.3) is 0 Å². The van der Waals surface area contributed by atoms with E-state index in [2.05, 4.69) is 20.8 Å². The highest BCUT2D eigenvalue weighted by Gasteiger charge is 2.77. The Morgan fingerprint density at radius 1 is 1.08 bits per heavy atom. The summed E-state index contributed by atoms with van der Waals surface area (Å²) in [6.07, 6.45) is 8.61. The molecule has 0 aliphatic heterocycles. The molecule has 4 rings (SSSR count). The quantitative estimate of drug-likeness (QED) is 0.694. The predicted octanol–water partition coefficient (Wildman–Crippen LogP) is 3.39. The van der Waals surface area contributed by atoms with E-state index in [0.717, 1.165) is 25.8 Å². The molecule has 5 atom stereocenters. The number of allylic oxidation sites excluding steroid dienone is 1. The minimum atomic E-state index is -0.235. The molecule has 0 bridgehead atoms. The molecule has 0 aromatic carbocycles. The maximum Gasteiger partial charge on any atom is 0.0544 e. The van der Waals surface area contributed by atoms with Crippen LogP contribution in [0.25, 0.3) is 0 Å². The summed E-state index contributed by atoms with van der Waals surface area (Å²) in [5, 5.41) is 20.2. The molecule has 4 aliphatic rings. The molecule has 4 N–H and O–H groups in total. The lowest BCUT2D eigenvalue weighted by atomic mass is 9.53. The average Bonchev–Trinajstić information content (AvgIpc) is 3.17. The number of hydrogen-bond donors (Lipinski definition) is 3. The molecule has 3 heteroatoms. The van der Waals surface area contributed by atoms with Gasteiger partial charge >= 0.3 is 0 Å². The van der Waals surface area contributed by atoms with Crippen molar-refractivity contribution in [3.8, 4) is 0 Å². The summed E-state index contributed by atoms with van der Waals surface area (Å²) in [6.45, 7) is 8.18. The lowest BCUT2D eigenvalue weighted by Crippen LogP contribution is -2.49. The third-order valence-electron chi connectivity index (χ3n) is 9.07. The van der Waals surface area contributed by atoms with Crippen molar-refractivity contribution in [2.24, 2.45) is 33.3 Å². The van der Waals surface area contributed by atoms with Crippen molar-refractivity contribution < 1.29 is 10.2 Å². The van der Waals surface area contributed by atoms with Gasteiger partial charge in [0.05, 0.1) is 6.10 Å². The van der Waals surface area contributed by atoms with E-state index in [1.165, 1.54) is 32.1 Å². The number of aliphatic hydroxyl groups is 2. The zero-order chi connectivity index (χ0) is 17.4. The van der Waals surface area contributed by atoms with Crippen LogP contribution in [0.1, 0.15) is 72.1 Å². The van der Waals surface area contributed by atoms with Gasteiger partial charge < -0.3 is 15.9 Å². The Morgan fingerprint density at radius 2 is 1.79 bits per heavy atom. The summed E-state index contributed by atoms with van der Waals surface area (Å²) in [6, 6.07) is 0. The molecule has 0 radical (unpaired) electrons. The van der Waals surface area contributed by atoms with Crippen LogP contribution in [0.4, 0.5) is 0 Å². The van der Waals surface area contributed by atoms with Crippen LogP contribution in [0.3, 0.4) is 0 Å². The normalized spacial score (nSPS) is 49.8. The fraction of sp³-hybridized carbons (Fsp3) is 0.905. The number of rotatable bonds is 3. The highest BCUT2D eigenvalue weighted by molar-refractivity contribution is 5.46. The van der Waals surface area contributed by atoms with Crippen molar-refractivity contribution in [3.63, 3.8) is 0 Å². The molecule has 136 valence electrons. The van der Waals surface area contributed by atoms with Gasteiger partial charge in [0.15, 0.2) is 0 Å². The van der Waals surface area contributed by atoms with Crippen molar-refractivity contribution in [1.82, 2.24) is 0 Å². The molecule has 0 saturated heterocycles. The van der Waals surface area contributed by atoms with E-state index >= 15 is 0 Å². The molecule has 4 aliphatic carbocycles. The molecule has 0 amide bonds. The molecule has 0 aromatic rings. The lowest BCUT2D eigenvalue weighted by molar-refractivity contribution is -0.0667. The summed E-state index contributed by atoms with van der Waals surface area (Å²) < 4.78 is 0. The third kappa shape index (κ3) is 1.84. The Balaban J connectivity index is 1.75. The molecule has 0 unspecified atom stereocenters. The fourth-order valence-corrected chi connectivity index (χ4v) is 7.41. The largest absolute Gasteiger partial charge is 0.396 e. The number of nitrogens with two attached hydrogens (primary N) is 1. The third-order valence-corrected chi connectivity index (χ3v) is 9.07. The Hall–Kier alpha value is -0.380. The van der Waals surface area contributed by atoms with Gasteiger partial charge in [-0.05, 0) is 73.5 Å². The minimum Gasteiger partial charge on any atom is -0.396 e. The van der Waals surface area contributed by atoms with Crippen LogP contribution in [0, 0.1) is 27.6 Å². The topological polar surface area (TPSA) is 66.5 Å². The van der Waals surface area contributed by atoms with Gasteiger partial charge in [0.2, 0.25) is 0 Å². The fourth-order valence-electron chi connectivity index (χ4n) is 7.41. The molecule has 3 nitrogen and oxygen atoms in total. The molecule has 0 aromatic heterocycles. The Morgan fingerprint density at radius 3 is 2.46 bits per heavy atom. The zero-order valence-electron chi connectivity index (χ0n) is 15.7. The van der Waals surface area contributed by atoms with Gasteiger partial charge in [-0.3, -0.25) is 0 Å². The number of fused-ring (bicyclic) bond motifs is 2. The van der Waals surface area contributed by atoms with Gasteiger partial charge in [-0.25, -0.2) is 0 Å². The van der Waals surface area contributed by atoms with Gasteiger partial charge in [-0.2, -0.15) is 0 Å². The van der Waals surface area contributed by atoms with E-state index in [9.17, 15) is 10.2 Å². The highest BCUT2D eigenvalue weighted by atomic mass is 16.3. The Bertz CT molecular complexity index is 582. The first-order valence-corrected chi connectivity index (χ1v) is 9.98. The van der Waals surface area contributed by atoms with Crippen molar-refractivity contribution >= 4 is 0 Å². The number of hydrogen-bond acceptors (Lipinski definition) is 3. The maximum atomic E-state index is 10.1. The van der Waals surface area contributed by atoms with Gasteiger partial charge in [-0.15, -0.1) is 0 Å². The van der Waals surface area contributed by atoms with E-state index in [1.807, 2.05) is 0 Å². The van der Waals surface area contributed by atoms with E-state index < -0.39 is 0 Å². The van der Waals surface area contributed by atoms with Crippen molar-refractivity contribution in [1.29, 1.82) is 0 Å². The van der Waals surface area contributed by atoms with Gasteiger partial charge in [0.1, 0.15) is 0 Å². The Kier molecular flexibility index (Phi) is 3.61. The first kappa shape index (κ1) is 17.1.